The molecule has 1 saturated heterocycles. The Labute approximate surface area is 169 Å². The van der Waals surface area contributed by atoms with Gasteiger partial charge in [-0.3, -0.25) is 4.99 Å². The second-order valence-corrected chi connectivity index (χ2v) is 7.42. The summed E-state index contributed by atoms with van der Waals surface area (Å²) in [6.07, 6.45) is 2.00. The van der Waals surface area contributed by atoms with Crippen LogP contribution in [0.3, 0.4) is 0 Å². The largest absolute Gasteiger partial charge is 0.497 e. The SMILES string of the molecule is CN=C(NCC1(c2ccc(OC)cc2)CCOCC1)NC(C)(C)C.I. The topological polar surface area (TPSA) is 54.9 Å². The summed E-state index contributed by atoms with van der Waals surface area (Å²) < 4.78 is 10.9. The van der Waals surface area contributed by atoms with Gasteiger partial charge in [-0.1, -0.05) is 12.1 Å². The Morgan fingerprint density at radius 3 is 2.28 bits per heavy atom. The quantitative estimate of drug-likeness (QED) is 0.411. The molecule has 1 aromatic carbocycles. The number of nitrogens with zero attached hydrogens (tertiary/aromatic N) is 1. The van der Waals surface area contributed by atoms with Crippen molar-refractivity contribution in [2.45, 2.75) is 44.6 Å². The third-order valence-electron chi connectivity index (χ3n) is 4.46. The minimum absolute atomic E-state index is 0. The number of rotatable bonds is 4. The third kappa shape index (κ3) is 6.33. The Morgan fingerprint density at radius 2 is 1.80 bits per heavy atom. The summed E-state index contributed by atoms with van der Waals surface area (Å²) in [5.41, 5.74) is 1.36. The Kier molecular flexibility index (Phi) is 8.47. The van der Waals surface area contributed by atoms with Crippen molar-refractivity contribution in [3.63, 3.8) is 0 Å². The van der Waals surface area contributed by atoms with Gasteiger partial charge in [0.25, 0.3) is 0 Å². The van der Waals surface area contributed by atoms with E-state index in [0.717, 1.165) is 44.3 Å². The standard InChI is InChI=1S/C19H31N3O2.HI/c1-18(2,3)22-17(20-4)21-14-19(10-12-24-13-11-19)15-6-8-16(23-5)9-7-15;/h6-9H,10-14H2,1-5H3,(H2,20,21,22);1H. The highest BCUT2D eigenvalue weighted by molar-refractivity contribution is 14.0. The lowest BCUT2D eigenvalue weighted by molar-refractivity contribution is 0.0513. The molecule has 25 heavy (non-hydrogen) atoms. The first-order chi connectivity index (χ1) is 11.4. The lowest BCUT2D eigenvalue weighted by Gasteiger charge is -2.38. The van der Waals surface area contributed by atoms with Crippen LogP contribution in [0, 0.1) is 0 Å². The van der Waals surface area contributed by atoms with Gasteiger partial charge in [-0.25, -0.2) is 0 Å². The maximum absolute atomic E-state index is 5.61. The molecular formula is C19H32IN3O2. The summed E-state index contributed by atoms with van der Waals surface area (Å²) >= 11 is 0. The average molecular weight is 461 g/mol. The summed E-state index contributed by atoms with van der Waals surface area (Å²) in [5, 5.41) is 6.94. The third-order valence-corrected chi connectivity index (χ3v) is 4.46. The molecule has 5 nitrogen and oxygen atoms in total. The molecule has 0 amide bonds. The molecule has 2 N–H and O–H groups in total. The molecule has 2 rings (SSSR count). The monoisotopic (exact) mass is 461 g/mol. The van der Waals surface area contributed by atoms with Crippen LogP contribution in [0.2, 0.25) is 0 Å². The molecule has 0 radical (unpaired) electrons. The van der Waals surface area contributed by atoms with Crippen LogP contribution >= 0.6 is 24.0 Å². The van der Waals surface area contributed by atoms with Crippen molar-refractivity contribution in [2.24, 2.45) is 4.99 Å². The van der Waals surface area contributed by atoms with Crippen LogP contribution in [0.15, 0.2) is 29.3 Å². The van der Waals surface area contributed by atoms with Gasteiger partial charge in [0.1, 0.15) is 5.75 Å². The highest BCUT2D eigenvalue weighted by Gasteiger charge is 2.34. The number of guanidine groups is 1. The van der Waals surface area contributed by atoms with Gasteiger partial charge in [-0.05, 0) is 51.3 Å². The molecular weight excluding hydrogens is 429 g/mol. The molecule has 6 heteroatoms. The molecule has 0 aromatic heterocycles. The zero-order chi connectivity index (χ0) is 17.6. The van der Waals surface area contributed by atoms with Gasteiger partial charge < -0.3 is 20.1 Å². The van der Waals surface area contributed by atoms with Crippen LogP contribution in [0.5, 0.6) is 5.75 Å². The number of benzene rings is 1. The van der Waals surface area contributed by atoms with Gasteiger partial charge in [-0.15, -0.1) is 24.0 Å². The van der Waals surface area contributed by atoms with E-state index >= 15 is 0 Å². The maximum atomic E-state index is 5.61. The van der Waals surface area contributed by atoms with Crippen LogP contribution in [0.1, 0.15) is 39.2 Å². The summed E-state index contributed by atoms with van der Waals surface area (Å²) in [6, 6.07) is 8.42. The summed E-state index contributed by atoms with van der Waals surface area (Å²) in [5.74, 6) is 1.72. The lowest BCUT2D eigenvalue weighted by Crippen LogP contribution is -2.52. The smallest absolute Gasteiger partial charge is 0.191 e. The van der Waals surface area contributed by atoms with Gasteiger partial charge in [0, 0.05) is 37.8 Å². The number of methoxy groups -OCH3 is 1. The average Bonchev–Trinajstić information content (AvgIpc) is 2.58. The number of hydrogen-bond acceptors (Lipinski definition) is 3. The number of aliphatic imine (C=N–C) groups is 1. The molecule has 0 bridgehead atoms. The molecule has 0 atom stereocenters. The molecule has 0 saturated carbocycles. The first-order valence-electron chi connectivity index (χ1n) is 8.60. The zero-order valence-electron chi connectivity index (χ0n) is 16.0. The molecule has 1 heterocycles. The molecule has 0 spiro atoms. The number of ether oxygens (including phenoxy) is 2. The van der Waals surface area contributed by atoms with Crippen LogP contribution in [0.25, 0.3) is 0 Å². The van der Waals surface area contributed by atoms with E-state index in [2.05, 4.69) is 48.5 Å². The Bertz CT molecular complexity index is 547. The van der Waals surface area contributed by atoms with E-state index in [0.29, 0.717) is 0 Å². The van der Waals surface area contributed by atoms with E-state index < -0.39 is 0 Å². The van der Waals surface area contributed by atoms with E-state index in [1.807, 2.05) is 19.2 Å². The maximum Gasteiger partial charge on any atom is 0.191 e. The normalized spacial score (nSPS) is 17.4. The predicted octanol–water partition coefficient (Wildman–Crippen LogP) is 3.32. The molecule has 0 unspecified atom stereocenters. The molecule has 142 valence electrons. The molecule has 0 aliphatic carbocycles. The van der Waals surface area contributed by atoms with Crippen molar-refractivity contribution in [2.75, 3.05) is 33.9 Å². The minimum atomic E-state index is -0.0230. The highest BCUT2D eigenvalue weighted by atomic mass is 127. The lowest BCUT2D eigenvalue weighted by atomic mass is 9.74. The molecule has 1 aliphatic rings. The van der Waals surface area contributed by atoms with Crippen molar-refractivity contribution < 1.29 is 9.47 Å². The second kappa shape index (κ2) is 9.62. The molecule has 1 fully saturated rings. The van der Waals surface area contributed by atoms with E-state index in [4.69, 9.17) is 9.47 Å². The van der Waals surface area contributed by atoms with Crippen LogP contribution in [-0.4, -0.2) is 45.4 Å². The fourth-order valence-corrected chi connectivity index (χ4v) is 3.06. The van der Waals surface area contributed by atoms with Crippen molar-refractivity contribution in [1.82, 2.24) is 10.6 Å². The van der Waals surface area contributed by atoms with Crippen molar-refractivity contribution in [3.8, 4) is 5.75 Å². The first-order valence-corrected chi connectivity index (χ1v) is 8.60. The number of nitrogens with one attached hydrogen (secondary N) is 2. The van der Waals surface area contributed by atoms with E-state index in [1.54, 1.807) is 7.11 Å². The predicted molar refractivity (Wildman–Crippen MR) is 114 cm³/mol. The van der Waals surface area contributed by atoms with Gasteiger partial charge in [-0.2, -0.15) is 0 Å². The number of halogens is 1. The van der Waals surface area contributed by atoms with Gasteiger partial charge >= 0.3 is 0 Å². The Balaban J connectivity index is 0.00000312. The van der Waals surface area contributed by atoms with Crippen molar-refractivity contribution in [1.29, 1.82) is 0 Å². The van der Waals surface area contributed by atoms with Gasteiger partial charge in [0.15, 0.2) is 5.96 Å². The summed E-state index contributed by atoms with van der Waals surface area (Å²) in [6.45, 7) is 8.81. The van der Waals surface area contributed by atoms with E-state index in [9.17, 15) is 0 Å². The van der Waals surface area contributed by atoms with Crippen molar-refractivity contribution >= 4 is 29.9 Å². The van der Waals surface area contributed by atoms with E-state index in [1.165, 1.54) is 5.56 Å². The fraction of sp³-hybridized carbons (Fsp3) is 0.632. The molecule has 1 aromatic rings. The zero-order valence-corrected chi connectivity index (χ0v) is 18.3. The Hall–Kier alpha value is -1.02. The van der Waals surface area contributed by atoms with E-state index in [-0.39, 0.29) is 34.9 Å². The second-order valence-electron chi connectivity index (χ2n) is 7.42. The Morgan fingerprint density at radius 1 is 1.20 bits per heavy atom. The van der Waals surface area contributed by atoms with Gasteiger partial charge in [0.05, 0.1) is 7.11 Å². The highest BCUT2D eigenvalue weighted by Crippen LogP contribution is 2.35. The van der Waals surface area contributed by atoms with Crippen LogP contribution in [0.4, 0.5) is 0 Å². The first kappa shape index (κ1) is 22.0. The summed E-state index contributed by atoms with van der Waals surface area (Å²) in [7, 11) is 3.51. The number of hydrogen-bond donors (Lipinski definition) is 2. The summed E-state index contributed by atoms with van der Waals surface area (Å²) in [4.78, 5) is 4.35. The fourth-order valence-electron chi connectivity index (χ4n) is 3.06. The van der Waals surface area contributed by atoms with Crippen LogP contribution in [-0.2, 0) is 10.2 Å². The van der Waals surface area contributed by atoms with Crippen LogP contribution < -0.4 is 15.4 Å². The minimum Gasteiger partial charge on any atom is -0.497 e. The van der Waals surface area contributed by atoms with Gasteiger partial charge in [0.2, 0.25) is 0 Å². The van der Waals surface area contributed by atoms with Crippen molar-refractivity contribution in [3.05, 3.63) is 29.8 Å². The molecule has 1 aliphatic heterocycles.